The van der Waals surface area contributed by atoms with E-state index in [0.717, 1.165) is 5.75 Å². The van der Waals surface area contributed by atoms with Gasteiger partial charge in [0, 0.05) is 23.9 Å². The topological polar surface area (TPSA) is 55.2 Å². The van der Waals surface area contributed by atoms with Gasteiger partial charge in [0.05, 0.1) is 8.49 Å². The van der Waals surface area contributed by atoms with Crippen molar-refractivity contribution in [3.8, 4) is 0 Å². The van der Waals surface area contributed by atoms with Crippen molar-refractivity contribution in [2.24, 2.45) is 0 Å². The predicted octanol–water partition coefficient (Wildman–Crippen LogP) is 3.50. The number of nitro groups is 1. The number of halogens is 2. The maximum absolute atomic E-state index is 13.4. The van der Waals surface area contributed by atoms with Gasteiger partial charge in [-0.05, 0) is 35.8 Å². The van der Waals surface area contributed by atoms with Gasteiger partial charge >= 0.3 is 0 Å². The summed E-state index contributed by atoms with van der Waals surface area (Å²) in [6.45, 7) is 1.90. The number of hydrogen-bond acceptors (Lipinski definition) is 4. The summed E-state index contributed by atoms with van der Waals surface area (Å²) in [5.41, 5.74) is 0.137. The molecule has 0 fully saturated rings. The average Bonchev–Trinajstić information content (AvgIpc) is 2.23. The van der Waals surface area contributed by atoms with E-state index in [0.29, 0.717) is 0 Å². The molecule has 0 aliphatic heterocycles. The first-order valence-electron chi connectivity index (χ1n) is 4.84. The lowest BCUT2D eigenvalue weighted by Crippen LogP contribution is -2.18. The van der Waals surface area contributed by atoms with E-state index in [9.17, 15) is 14.5 Å². The van der Waals surface area contributed by atoms with E-state index in [1.54, 1.807) is 34.4 Å². The highest BCUT2D eigenvalue weighted by atomic mass is 127. The molecule has 0 radical (unpaired) electrons. The quantitative estimate of drug-likeness (QED) is 0.490. The van der Waals surface area contributed by atoms with Gasteiger partial charge in [-0.1, -0.05) is 0 Å². The van der Waals surface area contributed by atoms with Crippen LogP contribution >= 0.6 is 34.4 Å². The van der Waals surface area contributed by atoms with Gasteiger partial charge in [0.2, 0.25) is 0 Å². The van der Waals surface area contributed by atoms with Crippen molar-refractivity contribution in [3.05, 3.63) is 31.6 Å². The second-order valence-corrected chi connectivity index (χ2v) is 5.61. The molecule has 0 saturated carbocycles. The second-order valence-electron chi connectivity index (χ2n) is 3.54. The van der Waals surface area contributed by atoms with Crippen LogP contribution in [0.3, 0.4) is 0 Å². The lowest BCUT2D eigenvalue weighted by Gasteiger charge is -2.14. The fraction of sp³-hybridized carbons (Fsp3) is 0.400. The van der Waals surface area contributed by atoms with E-state index in [-0.39, 0.29) is 21.0 Å². The van der Waals surface area contributed by atoms with Gasteiger partial charge in [-0.15, -0.1) is 0 Å². The van der Waals surface area contributed by atoms with Gasteiger partial charge in [-0.3, -0.25) is 10.1 Å². The summed E-state index contributed by atoms with van der Waals surface area (Å²) in [5, 5.41) is 13.8. The van der Waals surface area contributed by atoms with Crippen molar-refractivity contribution in [1.82, 2.24) is 0 Å². The normalized spacial score (nSPS) is 12.2. The summed E-state index contributed by atoms with van der Waals surface area (Å²) in [4.78, 5) is 10.4. The van der Waals surface area contributed by atoms with Crippen LogP contribution in [0.5, 0.6) is 0 Å². The van der Waals surface area contributed by atoms with E-state index in [2.05, 4.69) is 5.32 Å². The van der Waals surface area contributed by atoms with Crippen molar-refractivity contribution in [2.75, 3.05) is 17.3 Å². The monoisotopic (exact) mass is 370 g/mol. The summed E-state index contributed by atoms with van der Waals surface area (Å²) >= 11 is 3.36. The maximum Gasteiger partial charge on any atom is 0.293 e. The molecule has 0 spiro atoms. The van der Waals surface area contributed by atoms with Crippen molar-refractivity contribution >= 4 is 45.7 Å². The second kappa shape index (κ2) is 6.39. The van der Waals surface area contributed by atoms with Crippen LogP contribution in [0.15, 0.2) is 12.1 Å². The van der Waals surface area contributed by atoms with Crippen LogP contribution in [-0.4, -0.2) is 23.0 Å². The molecule has 0 amide bonds. The summed E-state index contributed by atoms with van der Waals surface area (Å²) in [6.07, 6.45) is 1.95. The van der Waals surface area contributed by atoms with E-state index in [1.807, 2.05) is 13.2 Å². The molecule has 0 aromatic heterocycles. The molecular formula is C10H12FIN2O2S. The number of nitrogens with zero attached hydrogens (tertiary/aromatic N) is 1. The molecule has 0 bridgehead atoms. The Bertz CT molecular complexity index is 431. The Balaban J connectivity index is 3.04. The van der Waals surface area contributed by atoms with Crippen LogP contribution in [-0.2, 0) is 0 Å². The Labute approximate surface area is 117 Å². The fourth-order valence-electron chi connectivity index (χ4n) is 1.36. The molecule has 17 heavy (non-hydrogen) atoms. The smallest absolute Gasteiger partial charge is 0.293 e. The van der Waals surface area contributed by atoms with Crippen molar-refractivity contribution in [3.63, 3.8) is 0 Å². The fourth-order valence-corrected chi connectivity index (χ4v) is 2.39. The van der Waals surface area contributed by atoms with Gasteiger partial charge in [0.25, 0.3) is 5.69 Å². The van der Waals surface area contributed by atoms with Crippen LogP contribution < -0.4 is 5.32 Å². The van der Waals surface area contributed by atoms with E-state index in [4.69, 9.17) is 0 Å². The van der Waals surface area contributed by atoms with Gasteiger partial charge in [0.15, 0.2) is 0 Å². The highest BCUT2D eigenvalue weighted by Crippen LogP contribution is 2.29. The first kappa shape index (κ1) is 14.5. The van der Waals surface area contributed by atoms with Crippen LogP contribution in [0.2, 0.25) is 0 Å². The molecule has 0 aliphatic rings. The SMILES string of the molecule is CSCC(C)Nc1cc(F)c(I)cc1[N+](=O)[O-]. The molecule has 1 aromatic rings. The molecule has 1 rings (SSSR count). The van der Waals surface area contributed by atoms with Crippen LogP contribution in [0, 0.1) is 19.5 Å². The largest absolute Gasteiger partial charge is 0.376 e. The van der Waals surface area contributed by atoms with E-state index >= 15 is 0 Å². The molecule has 1 atom stereocenters. The Kier molecular flexibility index (Phi) is 5.44. The number of nitro benzene ring substituents is 1. The molecule has 1 unspecified atom stereocenters. The number of hydrogen-bond donors (Lipinski definition) is 1. The summed E-state index contributed by atoms with van der Waals surface area (Å²) in [7, 11) is 0. The van der Waals surface area contributed by atoms with Gasteiger partial charge in [-0.25, -0.2) is 4.39 Å². The Morgan fingerprint density at radius 2 is 2.29 bits per heavy atom. The number of nitrogens with one attached hydrogen (secondary N) is 1. The molecule has 1 aromatic carbocycles. The molecule has 1 N–H and O–H groups in total. The molecule has 7 heteroatoms. The summed E-state index contributed by atoms with van der Waals surface area (Å²) < 4.78 is 13.6. The Morgan fingerprint density at radius 3 is 2.82 bits per heavy atom. The first-order valence-corrected chi connectivity index (χ1v) is 7.32. The molecule has 0 aliphatic carbocycles. The molecular weight excluding hydrogens is 358 g/mol. The lowest BCUT2D eigenvalue weighted by atomic mass is 10.2. The average molecular weight is 370 g/mol. The minimum Gasteiger partial charge on any atom is -0.376 e. The standard InChI is InChI=1S/C10H12FIN2O2S/c1-6(5-17-2)13-9-3-7(11)8(12)4-10(9)14(15)16/h3-4,6,13H,5H2,1-2H3. The van der Waals surface area contributed by atoms with Crippen molar-refractivity contribution in [1.29, 1.82) is 0 Å². The Morgan fingerprint density at radius 1 is 1.65 bits per heavy atom. The zero-order valence-corrected chi connectivity index (χ0v) is 12.3. The van der Waals surface area contributed by atoms with Gasteiger partial charge in [-0.2, -0.15) is 11.8 Å². The molecule has 4 nitrogen and oxygen atoms in total. The highest BCUT2D eigenvalue weighted by Gasteiger charge is 2.18. The molecule has 0 saturated heterocycles. The minimum absolute atomic E-state index is 0.0446. The maximum atomic E-state index is 13.4. The number of benzene rings is 1. The number of rotatable bonds is 5. The van der Waals surface area contributed by atoms with E-state index < -0.39 is 10.7 Å². The predicted molar refractivity (Wildman–Crippen MR) is 77.2 cm³/mol. The third kappa shape index (κ3) is 3.98. The third-order valence-corrected chi connectivity index (χ3v) is 3.71. The van der Waals surface area contributed by atoms with Crippen LogP contribution in [0.4, 0.5) is 15.8 Å². The zero-order valence-electron chi connectivity index (χ0n) is 9.37. The first-order chi connectivity index (χ1) is 7.95. The lowest BCUT2D eigenvalue weighted by molar-refractivity contribution is -0.384. The third-order valence-electron chi connectivity index (χ3n) is 2.05. The Hall–Kier alpha value is -0.570. The zero-order chi connectivity index (χ0) is 13.0. The van der Waals surface area contributed by atoms with Crippen LogP contribution in [0.25, 0.3) is 0 Å². The number of thioether (sulfide) groups is 1. The minimum atomic E-state index is -0.504. The highest BCUT2D eigenvalue weighted by molar-refractivity contribution is 14.1. The summed E-state index contributed by atoms with van der Waals surface area (Å²) in [6, 6.07) is 2.46. The van der Waals surface area contributed by atoms with Crippen LogP contribution in [0.1, 0.15) is 6.92 Å². The number of anilines is 1. The van der Waals surface area contributed by atoms with Gasteiger partial charge < -0.3 is 5.32 Å². The van der Waals surface area contributed by atoms with Crippen molar-refractivity contribution in [2.45, 2.75) is 13.0 Å². The van der Waals surface area contributed by atoms with Crippen molar-refractivity contribution < 1.29 is 9.31 Å². The summed E-state index contributed by atoms with van der Waals surface area (Å²) in [5.74, 6) is 0.347. The van der Waals surface area contributed by atoms with Gasteiger partial charge in [0.1, 0.15) is 11.5 Å². The molecule has 94 valence electrons. The van der Waals surface area contributed by atoms with E-state index in [1.165, 1.54) is 12.1 Å². The molecule has 0 heterocycles.